The van der Waals surface area contributed by atoms with Crippen LogP contribution in [0.1, 0.15) is 61.3 Å². The molecule has 1 saturated carbocycles. The van der Waals surface area contributed by atoms with Crippen molar-refractivity contribution < 1.29 is 9.90 Å². The minimum atomic E-state index is -0.919. The lowest BCUT2D eigenvalue weighted by Gasteiger charge is -2.35. The third kappa shape index (κ3) is 1.38. The highest BCUT2D eigenvalue weighted by Crippen LogP contribution is 2.68. The van der Waals surface area contributed by atoms with Crippen molar-refractivity contribution in [3.63, 3.8) is 0 Å². The molecule has 4 nitrogen and oxygen atoms in total. The van der Waals surface area contributed by atoms with E-state index in [0.717, 1.165) is 29.8 Å². The van der Waals surface area contributed by atoms with Crippen LogP contribution in [0.4, 0.5) is 0 Å². The Balaban J connectivity index is 2.05. The lowest BCUT2D eigenvalue weighted by Crippen LogP contribution is -2.33. The molecule has 1 aromatic carbocycles. The Labute approximate surface area is 129 Å². The number of fused-ring (bicyclic) bond motifs is 5. The lowest BCUT2D eigenvalue weighted by molar-refractivity contribution is 0.0687. The Hall–Kier alpha value is -2.10. The predicted octanol–water partition coefficient (Wildman–Crippen LogP) is 3.75. The van der Waals surface area contributed by atoms with E-state index in [2.05, 4.69) is 25.9 Å². The molecular formula is C18H20N2O2. The van der Waals surface area contributed by atoms with Crippen LogP contribution in [-0.2, 0) is 5.41 Å². The average Bonchev–Trinajstić information content (AvgIpc) is 3.03. The molecule has 2 aliphatic carbocycles. The van der Waals surface area contributed by atoms with E-state index in [4.69, 9.17) is 0 Å². The maximum atomic E-state index is 11.7. The summed E-state index contributed by atoms with van der Waals surface area (Å²) in [6.07, 6.45) is 2.15. The summed E-state index contributed by atoms with van der Waals surface area (Å²) in [5.74, 6) is -0.631. The summed E-state index contributed by atoms with van der Waals surface area (Å²) in [7, 11) is 0. The molecule has 2 aromatic rings. The number of hydrogen-bond acceptors (Lipinski definition) is 2. The van der Waals surface area contributed by atoms with Crippen LogP contribution < -0.4 is 0 Å². The molecule has 0 amide bonds. The smallest absolute Gasteiger partial charge is 0.356 e. The van der Waals surface area contributed by atoms with Crippen molar-refractivity contribution in [3.05, 3.63) is 47.3 Å². The van der Waals surface area contributed by atoms with Gasteiger partial charge >= 0.3 is 5.97 Å². The van der Waals surface area contributed by atoms with Crippen molar-refractivity contribution in [2.75, 3.05) is 0 Å². The van der Waals surface area contributed by atoms with Gasteiger partial charge in [-0.2, -0.15) is 5.10 Å². The van der Waals surface area contributed by atoms with Crippen molar-refractivity contribution in [1.29, 1.82) is 0 Å². The fraction of sp³-hybridized carbons (Fsp3) is 0.444. The molecule has 1 N–H and O–H groups in total. The second-order valence-electron chi connectivity index (χ2n) is 7.31. The van der Waals surface area contributed by atoms with Crippen molar-refractivity contribution in [2.24, 2.45) is 5.41 Å². The Morgan fingerprint density at radius 3 is 2.59 bits per heavy atom. The van der Waals surface area contributed by atoms with E-state index in [1.54, 1.807) is 0 Å². The van der Waals surface area contributed by atoms with Gasteiger partial charge in [0, 0.05) is 11.0 Å². The van der Waals surface area contributed by atoms with E-state index < -0.39 is 5.97 Å². The highest BCUT2D eigenvalue weighted by atomic mass is 16.4. The van der Waals surface area contributed by atoms with Crippen LogP contribution in [-0.4, -0.2) is 20.9 Å². The van der Waals surface area contributed by atoms with E-state index in [0.29, 0.717) is 0 Å². The number of aromatic nitrogens is 2. The van der Waals surface area contributed by atoms with Gasteiger partial charge in [0.1, 0.15) is 0 Å². The van der Waals surface area contributed by atoms with Gasteiger partial charge in [-0.05, 0) is 36.3 Å². The second-order valence-corrected chi connectivity index (χ2v) is 7.31. The third-order valence-corrected chi connectivity index (χ3v) is 6.22. The molecule has 2 aliphatic rings. The first-order chi connectivity index (χ1) is 10.4. The van der Waals surface area contributed by atoms with E-state index in [-0.39, 0.29) is 22.4 Å². The molecule has 1 aromatic heterocycles. The first kappa shape index (κ1) is 13.6. The Morgan fingerprint density at radius 2 is 1.95 bits per heavy atom. The van der Waals surface area contributed by atoms with Gasteiger partial charge in [0.05, 0.1) is 11.4 Å². The summed E-state index contributed by atoms with van der Waals surface area (Å²) in [5, 5.41) is 14.1. The van der Waals surface area contributed by atoms with Gasteiger partial charge in [-0.25, -0.2) is 9.48 Å². The molecular weight excluding hydrogens is 276 g/mol. The quantitative estimate of drug-likeness (QED) is 0.918. The van der Waals surface area contributed by atoms with Crippen LogP contribution in [0.3, 0.4) is 0 Å². The normalized spacial score (nSPS) is 27.9. The van der Waals surface area contributed by atoms with Crippen LogP contribution in [0.25, 0.3) is 5.69 Å². The van der Waals surface area contributed by atoms with Crippen molar-refractivity contribution >= 4 is 5.97 Å². The van der Waals surface area contributed by atoms with Crippen LogP contribution in [0.2, 0.25) is 0 Å². The Morgan fingerprint density at radius 1 is 1.27 bits per heavy atom. The highest BCUT2D eigenvalue weighted by Gasteiger charge is 2.63. The number of carbonyl (C=O) groups is 1. The summed E-state index contributed by atoms with van der Waals surface area (Å²) >= 11 is 0. The number of rotatable bonds is 2. The van der Waals surface area contributed by atoms with Crippen LogP contribution >= 0.6 is 0 Å². The van der Waals surface area contributed by atoms with Crippen LogP contribution in [0, 0.1) is 5.41 Å². The number of benzene rings is 1. The van der Waals surface area contributed by atoms with E-state index in [9.17, 15) is 9.90 Å². The van der Waals surface area contributed by atoms with Gasteiger partial charge in [0.15, 0.2) is 5.69 Å². The largest absolute Gasteiger partial charge is 0.476 e. The zero-order valence-electron chi connectivity index (χ0n) is 13.1. The molecule has 1 heterocycles. The summed E-state index contributed by atoms with van der Waals surface area (Å²) in [6, 6.07) is 9.86. The minimum absolute atomic E-state index is 0.0243. The molecule has 4 heteroatoms. The maximum absolute atomic E-state index is 11.7. The van der Waals surface area contributed by atoms with Gasteiger partial charge in [0.2, 0.25) is 0 Å². The number of carboxylic acids is 1. The molecule has 0 unspecified atom stereocenters. The monoisotopic (exact) mass is 296 g/mol. The summed E-state index contributed by atoms with van der Waals surface area (Å²) < 4.78 is 1.87. The zero-order chi connectivity index (χ0) is 15.7. The lowest BCUT2D eigenvalue weighted by atomic mass is 9.70. The number of aromatic carboxylic acids is 1. The standard InChI is InChI=1S/C18H20N2O2/c1-17(2)12-9-10-18(17,3)15-13(12)14(16(21)22)19-20(15)11-7-5-4-6-8-11/h4-8,12H,9-10H2,1-3H3,(H,21,22)/t12-,18-/m0/s1. The summed E-state index contributed by atoms with van der Waals surface area (Å²) in [5.41, 5.74) is 3.30. The molecule has 4 rings (SSSR count). The molecule has 2 bridgehead atoms. The second kappa shape index (κ2) is 4.00. The van der Waals surface area contributed by atoms with Crippen molar-refractivity contribution in [1.82, 2.24) is 9.78 Å². The topological polar surface area (TPSA) is 55.1 Å². The number of para-hydroxylation sites is 1. The molecule has 2 atom stereocenters. The fourth-order valence-corrected chi connectivity index (χ4v) is 4.63. The molecule has 0 radical (unpaired) electrons. The third-order valence-electron chi connectivity index (χ3n) is 6.22. The van der Waals surface area contributed by atoms with Gasteiger partial charge in [-0.15, -0.1) is 0 Å². The minimum Gasteiger partial charge on any atom is -0.476 e. The van der Waals surface area contributed by atoms with Gasteiger partial charge < -0.3 is 5.11 Å². The average molecular weight is 296 g/mol. The van der Waals surface area contributed by atoms with E-state index >= 15 is 0 Å². The Bertz CT molecular complexity index is 776. The SMILES string of the molecule is CC1(C)[C@H]2CC[C@@]1(C)c1c2c(C(=O)O)nn1-c1ccccc1. The molecule has 0 spiro atoms. The Kier molecular flexibility index (Phi) is 2.47. The molecule has 114 valence electrons. The highest BCUT2D eigenvalue weighted by molar-refractivity contribution is 5.88. The molecule has 1 fully saturated rings. The predicted molar refractivity (Wildman–Crippen MR) is 83.6 cm³/mol. The van der Waals surface area contributed by atoms with Gasteiger partial charge in [0.25, 0.3) is 0 Å². The molecule has 0 aliphatic heterocycles. The molecule has 22 heavy (non-hydrogen) atoms. The van der Waals surface area contributed by atoms with E-state index in [1.165, 1.54) is 0 Å². The fourth-order valence-electron chi connectivity index (χ4n) is 4.63. The number of hydrogen-bond donors (Lipinski definition) is 1. The zero-order valence-corrected chi connectivity index (χ0v) is 13.1. The first-order valence-corrected chi connectivity index (χ1v) is 7.80. The summed E-state index contributed by atoms with van der Waals surface area (Å²) in [6.45, 7) is 6.81. The summed E-state index contributed by atoms with van der Waals surface area (Å²) in [4.78, 5) is 11.7. The van der Waals surface area contributed by atoms with Crippen molar-refractivity contribution in [3.8, 4) is 5.69 Å². The first-order valence-electron chi connectivity index (χ1n) is 7.80. The number of carboxylic acid groups (broad SMARTS) is 1. The van der Waals surface area contributed by atoms with Gasteiger partial charge in [-0.1, -0.05) is 39.0 Å². The molecule has 0 saturated heterocycles. The number of nitrogens with zero attached hydrogens (tertiary/aromatic N) is 2. The van der Waals surface area contributed by atoms with Crippen molar-refractivity contribution in [2.45, 2.75) is 44.9 Å². The van der Waals surface area contributed by atoms with Gasteiger partial charge in [-0.3, -0.25) is 0 Å². The maximum Gasteiger partial charge on any atom is 0.356 e. The van der Waals surface area contributed by atoms with E-state index in [1.807, 2.05) is 35.0 Å². The van der Waals surface area contributed by atoms with Crippen LogP contribution in [0.5, 0.6) is 0 Å². The van der Waals surface area contributed by atoms with Crippen LogP contribution in [0.15, 0.2) is 30.3 Å².